The van der Waals surface area contributed by atoms with Gasteiger partial charge in [0.25, 0.3) is 0 Å². The molecule has 0 radical (unpaired) electrons. The van der Waals surface area contributed by atoms with Crippen LogP contribution in [0.2, 0.25) is 0 Å². The van der Waals surface area contributed by atoms with E-state index in [0.717, 1.165) is 10.9 Å². The number of benzene rings is 2. The van der Waals surface area contributed by atoms with Crippen LogP contribution in [0.15, 0.2) is 54.7 Å². The first kappa shape index (κ1) is 14.7. The smallest absolute Gasteiger partial charge is 0.351 e. The molecule has 0 spiro atoms. The molecule has 1 unspecified atom stereocenters. The molecule has 0 amide bonds. The second-order valence-corrected chi connectivity index (χ2v) is 4.88. The van der Waals surface area contributed by atoms with Crippen molar-refractivity contribution in [2.24, 2.45) is 0 Å². The minimum Gasteiger partial charge on any atom is -0.428 e. The van der Waals surface area contributed by atoms with E-state index in [-0.39, 0.29) is 0 Å². The molecule has 3 rings (SSSR count). The highest BCUT2D eigenvalue weighted by molar-refractivity contribution is 5.79. The van der Waals surface area contributed by atoms with Gasteiger partial charge in [-0.3, -0.25) is 10.1 Å². The Morgan fingerprint density at radius 3 is 2.74 bits per heavy atom. The maximum absolute atomic E-state index is 10.8. The summed E-state index contributed by atoms with van der Waals surface area (Å²) in [4.78, 5) is 18.9. The molecule has 2 aromatic carbocycles. The van der Waals surface area contributed by atoms with E-state index >= 15 is 0 Å². The van der Waals surface area contributed by atoms with E-state index in [9.17, 15) is 10.1 Å². The van der Waals surface area contributed by atoms with Crippen LogP contribution in [0.5, 0.6) is 5.75 Å². The molecule has 0 aliphatic heterocycles. The van der Waals surface area contributed by atoms with Gasteiger partial charge in [0.1, 0.15) is 0 Å². The molecule has 7 nitrogen and oxygen atoms in total. The minimum atomic E-state index is -1.14. The fourth-order valence-electron chi connectivity index (χ4n) is 2.05. The minimum absolute atomic E-state index is 0.369. The lowest BCUT2D eigenvalue weighted by atomic mass is 10.2. The van der Waals surface area contributed by atoms with E-state index in [1.165, 1.54) is 6.92 Å². The molecule has 7 heteroatoms. The highest BCUT2D eigenvalue weighted by Crippen LogP contribution is 2.27. The summed E-state index contributed by atoms with van der Waals surface area (Å²) in [5.74, 6) is 0.766. The van der Waals surface area contributed by atoms with Gasteiger partial charge in [0, 0.05) is 18.5 Å². The largest absolute Gasteiger partial charge is 0.428 e. The SMILES string of the molecule is CC(Oc1ccccc1Nc1ncc2ccccc2n1)[N+](=O)[O-]. The fourth-order valence-corrected chi connectivity index (χ4v) is 2.05. The molecule has 0 fully saturated rings. The van der Waals surface area contributed by atoms with E-state index in [2.05, 4.69) is 15.3 Å². The lowest BCUT2D eigenvalue weighted by Gasteiger charge is -2.13. The average molecular weight is 310 g/mol. The first-order chi connectivity index (χ1) is 11.1. The standard InChI is InChI=1S/C16H14N4O3/c1-11(20(21)22)23-15-9-5-4-8-14(15)19-16-17-10-12-6-2-3-7-13(12)18-16/h2-11H,1H3,(H,17,18,19). The lowest BCUT2D eigenvalue weighted by molar-refractivity contribution is -0.557. The molecule has 1 heterocycles. The first-order valence-corrected chi connectivity index (χ1v) is 7.01. The molecule has 0 aliphatic carbocycles. The van der Waals surface area contributed by atoms with Gasteiger partial charge in [0.05, 0.1) is 16.1 Å². The van der Waals surface area contributed by atoms with Crippen molar-refractivity contribution in [3.05, 3.63) is 64.8 Å². The molecule has 116 valence electrons. The molecule has 0 saturated carbocycles. The zero-order valence-corrected chi connectivity index (χ0v) is 12.3. The summed E-state index contributed by atoms with van der Waals surface area (Å²) in [6, 6.07) is 14.6. The van der Waals surface area contributed by atoms with Gasteiger partial charge in [0.15, 0.2) is 5.75 Å². The average Bonchev–Trinajstić information content (AvgIpc) is 2.56. The molecule has 0 bridgehead atoms. The van der Waals surface area contributed by atoms with Crippen LogP contribution >= 0.6 is 0 Å². The highest BCUT2D eigenvalue weighted by atomic mass is 16.7. The number of ether oxygens (including phenoxy) is 1. The Hall–Kier alpha value is -3.22. The Bertz CT molecular complexity index is 853. The summed E-state index contributed by atoms with van der Waals surface area (Å²) in [7, 11) is 0. The number of hydrogen-bond donors (Lipinski definition) is 1. The summed E-state index contributed by atoms with van der Waals surface area (Å²) in [5, 5.41) is 14.7. The second-order valence-electron chi connectivity index (χ2n) is 4.88. The third-order valence-electron chi connectivity index (χ3n) is 3.22. The number of rotatable bonds is 5. The van der Waals surface area contributed by atoms with E-state index in [0.29, 0.717) is 17.4 Å². The van der Waals surface area contributed by atoms with Crippen LogP contribution in [0.3, 0.4) is 0 Å². The number of nitro groups is 1. The van der Waals surface area contributed by atoms with Crippen molar-refractivity contribution < 1.29 is 9.66 Å². The van der Waals surface area contributed by atoms with Crippen molar-refractivity contribution in [1.82, 2.24) is 9.97 Å². The summed E-state index contributed by atoms with van der Waals surface area (Å²) in [6.45, 7) is 1.38. The molecular formula is C16H14N4O3. The van der Waals surface area contributed by atoms with Crippen LogP contribution in [-0.2, 0) is 0 Å². The second kappa shape index (κ2) is 6.27. The van der Waals surface area contributed by atoms with Crippen LogP contribution < -0.4 is 10.1 Å². The van der Waals surface area contributed by atoms with Crippen molar-refractivity contribution >= 4 is 22.5 Å². The predicted molar refractivity (Wildman–Crippen MR) is 86.3 cm³/mol. The van der Waals surface area contributed by atoms with Crippen molar-refractivity contribution in [3.8, 4) is 5.75 Å². The number of para-hydroxylation sites is 3. The molecule has 1 atom stereocenters. The van der Waals surface area contributed by atoms with Gasteiger partial charge in [-0.1, -0.05) is 30.3 Å². The first-order valence-electron chi connectivity index (χ1n) is 7.01. The molecule has 0 aliphatic rings. The van der Waals surface area contributed by atoms with Gasteiger partial charge in [-0.05, 0) is 18.2 Å². The predicted octanol–water partition coefficient (Wildman–Crippen LogP) is 3.37. The highest BCUT2D eigenvalue weighted by Gasteiger charge is 2.16. The Labute approximate surface area is 132 Å². The Morgan fingerprint density at radius 2 is 1.91 bits per heavy atom. The van der Waals surface area contributed by atoms with Crippen molar-refractivity contribution in [2.45, 2.75) is 13.2 Å². The number of nitrogens with one attached hydrogen (secondary N) is 1. The topological polar surface area (TPSA) is 90.2 Å². The van der Waals surface area contributed by atoms with Crippen molar-refractivity contribution in [2.75, 3.05) is 5.32 Å². The van der Waals surface area contributed by atoms with Crippen molar-refractivity contribution in [3.63, 3.8) is 0 Å². The van der Waals surface area contributed by atoms with Crippen molar-refractivity contribution in [1.29, 1.82) is 0 Å². The third kappa shape index (κ3) is 3.34. The van der Waals surface area contributed by atoms with Gasteiger partial charge in [-0.25, -0.2) is 9.97 Å². The van der Waals surface area contributed by atoms with Gasteiger partial charge >= 0.3 is 6.23 Å². The number of hydrogen-bond acceptors (Lipinski definition) is 6. The van der Waals surface area contributed by atoms with Crippen LogP contribution in [0, 0.1) is 10.1 Å². The van der Waals surface area contributed by atoms with Crippen LogP contribution in [0.25, 0.3) is 10.9 Å². The quantitative estimate of drug-likeness (QED) is 0.441. The Morgan fingerprint density at radius 1 is 1.17 bits per heavy atom. The zero-order valence-electron chi connectivity index (χ0n) is 12.3. The number of aromatic nitrogens is 2. The third-order valence-corrected chi connectivity index (χ3v) is 3.22. The van der Waals surface area contributed by atoms with E-state index in [4.69, 9.17) is 4.74 Å². The molecule has 23 heavy (non-hydrogen) atoms. The fraction of sp³-hybridized carbons (Fsp3) is 0.125. The van der Waals surface area contributed by atoms with Gasteiger partial charge in [-0.15, -0.1) is 0 Å². The number of anilines is 2. The van der Waals surface area contributed by atoms with Gasteiger partial charge in [-0.2, -0.15) is 0 Å². The van der Waals surface area contributed by atoms with Crippen LogP contribution in [0.1, 0.15) is 6.92 Å². The van der Waals surface area contributed by atoms with E-state index in [1.807, 2.05) is 24.3 Å². The summed E-state index contributed by atoms with van der Waals surface area (Å²) in [5.41, 5.74) is 1.37. The molecule has 0 saturated heterocycles. The maximum atomic E-state index is 10.8. The van der Waals surface area contributed by atoms with E-state index in [1.54, 1.807) is 30.5 Å². The van der Waals surface area contributed by atoms with Crippen LogP contribution in [-0.4, -0.2) is 21.1 Å². The molecule has 3 aromatic rings. The maximum Gasteiger partial charge on any atom is 0.351 e. The lowest BCUT2D eigenvalue weighted by Crippen LogP contribution is -2.22. The summed E-state index contributed by atoms with van der Waals surface area (Å²) < 4.78 is 5.35. The number of fused-ring (bicyclic) bond motifs is 1. The van der Waals surface area contributed by atoms with Gasteiger partial charge < -0.3 is 10.1 Å². The monoisotopic (exact) mass is 310 g/mol. The molecular weight excluding hydrogens is 296 g/mol. The molecule has 1 N–H and O–H groups in total. The Balaban J connectivity index is 1.88. The Kier molecular flexibility index (Phi) is 4.01. The number of nitrogens with zero attached hydrogens (tertiary/aromatic N) is 3. The zero-order chi connectivity index (χ0) is 16.2. The van der Waals surface area contributed by atoms with Gasteiger partial charge in [0.2, 0.25) is 5.95 Å². The van der Waals surface area contributed by atoms with Crippen LogP contribution in [0.4, 0.5) is 11.6 Å². The normalized spacial score (nSPS) is 11.9. The summed E-state index contributed by atoms with van der Waals surface area (Å²) in [6.07, 6.45) is 0.573. The molecule has 1 aromatic heterocycles. The summed E-state index contributed by atoms with van der Waals surface area (Å²) >= 11 is 0. The van der Waals surface area contributed by atoms with E-state index < -0.39 is 11.2 Å².